The van der Waals surface area contributed by atoms with Gasteiger partial charge in [-0.3, -0.25) is 4.79 Å². The van der Waals surface area contributed by atoms with Crippen LogP contribution in [0.1, 0.15) is 73.6 Å². The smallest absolute Gasteiger partial charge is 0.308 e. The van der Waals surface area contributed by atoms with E-state index in [2.05, 4.69) is 34.6 Å². The number of unbranched alkanes of at least 4 members (excludes halogenated alkanes) is 2. The van der Waals surface area contributed by atoms with E-state index in [0.717, 1.165) is 19.3 Å². The molecule has 0 rings (SSSR count). The van der Waals surface area contributed by atoms with Gasteiger partial charge in [-0.1, -0.05) is 67.2 Å². The highest BCUT2D eigenvalue weighted by Gasteiger charge is 2.25. The molecular formula is C16H32O2. The summed E-state index contributed by atoms with van der Waals surface area (Å²) in [5, 5.41) is 0. The summed E-state index contributed by atoms with van der Waals surface area (Å²) < 4.78 is 5.72. The highest BCUT2D eigenvalue weighted by Crippen LogP contribution is 2.22. The maximum atomic E-state index is 12.1. The second-order valence-corrected chi connectivity index (χ2v) is 5.93. The minimum absolute atomic E-state index is 0.00916. The van der Waals surface area contributed by atoms with Crippen molar-refractivity contribution in [3.8, 4) is 0 Å². The molecule has 0 aromatic rings. The normalized spacial score (nSPS) is 16.4. The third kappa shape index (κ3) is 6.42. The van der Waals surface area contributed by atoms with Crippen molar-refractivity contribution in [1.29, 1.82) is 0 Å². The third-order valence-electron chi connectivity index (χ3n) is 3.76. The van der Waals surface area contributed by atoms with Crippen LogP contribution in [0.3, 0.4) is 0 Å². The zero-order chi connectivity index (χ0) is 14.1. The van der Waals surface area contributed by atoms with Crippen LogP contribution in [0.25, 0.3) is 0 Å². The van der Waals surface area contributed by atoms with Crippen LogP contribution < -0.4 is 0 Å². The summed E-state index contributed by atoms with van der Waals surface area (Å²) in [4.78, 5) is 12.1. The molecule has 0 aromatic heterocycles. The van der Waals surface area contributed by atoms with Gasteiger partial charge in [0.25, 0.3) is 0 Å². The molecule has 0 saturated heterocycles. The van der Waals surface area contributed by atoms with Crippen LogP contribution in [0, 0.1) is 17.8 Å². The predicted octanol–water partition coefficient (Wildman–Crippen LogP) is 4.82. The average molecular weight is 256 g/mol. The molecule has 3 unspecified atom stereocenters. The van der Waals surface area contributed by atoms with Crippen molar-refractivity contribution in [1.82, 2.24) is 0 Å². The first kappa shape index (κ1) is 17.5. The molecular weight excluding hydrogens is 224 g/mol. The molecule has 0 bridgehead atoms. The fourth-order valence-electron chi connectivity index (χ4n) is 2.21. The fraction of sp³-hybridized carbons (Fsp3) is 0.938. The van der Waals surface area contributed by atoms with E-state index in [1.165, 1.54) is 12.8 Å². The first-order valence-corrected chi connectivity index (χ1v) is 7.64. The molecule has 0 aliphatic heterocycles. The van der Waals surface area contributed by atoms with Gasteiger partial charge in [-0.15, -0.1) is 0 Å². The Morgan fingerprint density at radius 1 is 1.06 bits per heavy atom. The molecule has 2 heteroatoms. The summed E-state index contributed by atoms with van der Waals surface area (Å²) >= 11 is 0. The average Bonchev–Trinajstić information content (AvgIpc) is 2.34. The molecule has 0 amide bonds. The van der Waals surface area contributed by atoms with E-state index in [0.29, 0.717) is 11.8 Å². The molecule has 0 aliphatic carbocycles. The lowest BCUT2D eigenvalue weighted by molar-refractivity contribution is -0.159. The molecule has 0 fully saturated rings. The number of carbonyl (C=O) groups excluding carboxylic acids is 1. The number of hydrogen-bond donors (Lipinski definition) is 0. The van der Waals surface area contributed by atoms with E-state index in [4.69, 9.17) is 4.74 Å². The lowest BCUT2D eigenvalue weighted by atomic mass is 9.92. The SMILES string of the molecule is CCCCCC(C)C(=O)OC(C(C)C)C(C)CC. The Hall–Kier alpha value is -0.530. The Bertz CT molecular complexity index is 223. The van der Waals surface area contributed by atoms with Crippen molar-refractivity contribution < 1.29 is 9.53 Å². The van der Waals surface area contributed by atoms with Gasteiger partial charge in [-0.25, -0.2) is 0 Å². The topological polar surface area (TPSA) is 26.3 Å². The third-order valence-corrected chi connectivity index (χ3v) is 3.76. The molecule has 0 heterocycles. The molecule has 0 aliphatic rings. The van der Waals surface area contributed by atoms with E-state index < -0.39 is 0 Å². The lowest BCUT2D eigenvalue weighted by Crippen LogP contribution is -2.32. The number of carbonyl (C=O) groups is 1. The minimum atomic E-state index is -0.00916. The van der Waals surface area contributed by atoms with Crippen molar-refractivity contribution in [2.75, 3.05) is 0 Å². The van der Waals surface area contributed by atoms with Crippen LogP contribution in [-0.4, -0.2) is 12.1 Å². The second kappa shape index (κ2) is 9.41. The van der Waals surface area contributed by atoms with Gasteiger partial charge < -0.3 is 4.74 Å². The zero-order valence-corrected chi connectivity index (χ0v) is 13.2. The van der Waals surface area contributed by atoms with Crippen LogP contribution in [0.5, 0.6) is 0 Å². The molecule has 0 spiro atoms. The van der Waals surface area contributed by atoms with Crippen molar-refractivity contribution >= 4 is 5.97 Å². The maximum Gasteiger partial charge on any atom is 0.308 e. The van der Waals surface area contributed by atoms with Crippen molar-refractivity contribution in [2.24, 2.45) is 17.8 Å². The summed E-state index contributed by atoms with van der Waals surface area (Å²) in [5.41, 5.74) is 0. The molecule has 18 heavy (non-hydrogen) atoms. The van der Waals surface area contributed by atoms with Crippen molar-refractivity contribution in [3.63, 3.8) is 0 Å². The second-order valence-electron chi connectivity index (χ2n) is 5.93. The zero-order valence-electron chi connectivity index (χ0n) is 13.2. The van der Waals surface area contributed by atoms with E-state index in [-0.39, 0.29) is 18.0 Å². The van der Waals surface area contributed by atoms with Gasteiger partial charge in [0, 0.05) is 0 Å². The van der Waals surface area contributed by atoms with Crippen molar-refractivity contribution in [2.45, 2.75) is 79.8 Å². The first-order valence-electron chi connectivity index (χ1n) is 7.64. The largest absolute Gasteiger partial charge is 0.462 e. The molecule has 0 radical (unpaired) electrons. The van der Waals surface area contributed by atoms with Crippen LogP contribution >= 0.6 is 0 Å². The summed E-state index contributed by atoms with van der Waals surface area (Å²) in [5.74, 6) is 0.871. The number of ether oxygens (including phenoxy) is 1. The van der Waals surface area contributed by atoms with Crippen molar-refractivity contribution in [3.05, 3.63) is 0 Å². The molecule has 0 saturated carbocycles. The van der Waals surface area contributed by atoms with Crippen LogP contribution in [0.4, 0.5) is 0 Å². The van der Waals surface area contributed by atoms with E-state index >= 15 is 0 Å². The minimum Gasteiger partial charge on any atom is -0.462 e. The molecule has 0 N–H and O–H groups in total. The Morgan fingerprint density at radius 3 is 2.11 bits per heavy atom. The fourth-order valence-corrected chi connectivity index (χ4v) is 2.21. The summed E-state index contributed by atoms with van der Waals surface area (Å²) in [7, 11) is 0. The lowest BCUT2D eigenvalue weighted by Gasteiger charge is -2.28. The Morgan fingerprint density at radius 2 is 1.67 bits per heavy atom. The maximum absolute atomic E-state index is 12.1. The molecule has 2 nitrogen and oxygen atoms in total. The van der Waals surface area contributed by atoms with Gasteiger partial charge in [0.2, 0.25) is 0 Å². The number of rotatable bonds is 9. The number of esters is 1. The highest BCUT2D eigenvalue weighted by molar-refractivity contribution is 5.72. The standard InChI is InChI=1S/C16H32O2/c1-7-9-10-11-14(6)16(17)18-15(12(3)4)13(5)8-2/h12-15H,7-11H2,1-6H3. The van der Waals surface area contributed by atoms with Gasteiger partial charge in [-0.05, 0) is 18.3 Å². The van der Waals surface area contributed by atoms with Gasteiger partial charge in [0.15, 0.2) is 0 Å². The monoisotopic (exact) mass is 256 g/mol. The highest BCUT2D eigenvalue weighted by atomic mass is 16.5. The number of hydrogen-bond acceptors (Lipinski definition) is 2. The van der Waals surface area contributed by atoms with Gasteiger partial charge in [0.05, 0.1) is 5.92 Å². The van der Waals surface area contributed by atoms with Gasteiger partial charge in [-0.2, -0.15) is 0 Å². The van der Waals surface area contributed by atoms with Crippen LogP contribution in [0.2, 0.25) is 0 Å². The Labute approximate surface area is 113 Å². The van der Waals surface area contributed by atoms with Gasteiger partial charge in [0.1, 0.15) is 6.10 Å². The summed E-state index contributed by atoms with van der Waals surface area (Å²) in [6.07, 6.45) is 5.61. The quantitative estimate of drug-likeness (QED) is 0.437. The van der Waals surface area contributed by atoms with E-state index in [1.54, 1.807) is 0 Å². The van der Waals surface area contributed by atoms with E-state index in [9.17, 15) is 4.79 Å². The molecule has 108 valence electrons. The molecule has 3 atom stereocenters. The Kier molecular flexibility index (Phi) is 9.13. The van der Waals surface area contributed by atoms with Crippen LogP contribution in [0.15, 0.2) is 0 Å². The predicted molar refractivity (Wildman–Crippen MR) is 77.5 cm³/mol. The summed E-state index contributed by atoms with van der Waals surface area (Å²) in [6, 6.07) is 0. The molecule has 0 aromatic carbocycles. The van der Waals surface area contributed by atoms with E-state index in [1.807, 2.05) is 6.92 Å². The summed E-state index contributed by atoms with van der Waals surface area (Å²) in [6.45, 7) is 12.8. The van der Waals surface area contributed by atoms with Gasteiger partial charge >= 0.3 is 5.97 Å². The van der Waals surface area contributed by atoms with Crippen LogP contribution in [-0.2, 0) is 9.53 Å². The Balaban J connectivity index is 4.23. The first-order chi connectivity index (χ1) is 8.43.